The average molecular weight is 232 g/mol. The Hall–Kier alpha value is -1.46. The predicted octanol–water partition coefficient (Wildman–Crippen LogP) is 1.23. The molecule has 1 atom stereocenters. The molecule has 0 rings (SSSR count). The Kier molecular flexibility index (Phi) is 5.63. The number of hydrogen-bond acceptors (Lipinski definition) is 4. The summed E-state index contributed by atoms with van der Waals surface area (Å²) in [6.45, 7) is 6.04. The Morgan fingerprint density at radius 3 is 1.81 bits per heavy atom. The van der Waals surface area contributed by atoms with Gasteiger partial charge in [0.25, 0.3) is 0 Å². The summed E-state index contributed by atoms with van der Waals surface area (Å²) >= 11 is 0. The lowest BCUT2D eigenvalue weighted by Crippen LogP contribution is -2.38. The molecule has 0 bridgehead atoms. The molecule has 0 heterocycles. The van der Waals surface area contributed by atoms with Gasteiger partial charge < -0.3 is 20.9 Å². The van der Waals surface area contributed by atoms with Gasteiger partial charge in [-0.1, -0.05) is 27.2 Å². The summed E-state index contributed by atoms with van der Waals surface area (Å²) in [7, 11) is 0. The van der Waals surface area contributed by atoms with Crippen LogP contribution in [0.4, 0.5) is 9.59 Å². The summed E-state index contributed by atoms with van der Waals surface area (Å²) in [6, 6.07) is 0. The van der Waals surface area contributed by atoms with Gasteiger partial charge in [-0.3, -0.25) is 0 Å². The van der Waals surface area contributed by atoms with Crippen LogP contribution in [0.5, 0.6) is 0 Å². The first-order valence-corrected chi connectivity index (χ1v) is 5.16. The first-order chi connectivity index (χ1) is 7.31. The van der Waals surface area contributed by atoms with E-state index in [1.54, 1.807) is 0 Å². The lowest BCUT2D eigenvalue weighted by molar-refractivity contribution is 0.00795. The van der Waals surface area contributed by atoms with Gasteiger partial charge in [0, 0.05) is 5.41 Å². The highest BCUT2D eigenvalue weighted by molar-refractivity contribution is 5.65. The van der Waals surface area contributed by atoms with Crippen LogP contribution in [0, 0.1) is 11.3 Å². The number of amides is 2. The van der Waals surface area contributed by atoms with Crippen molar-refractivity contribution >= 4 is 12.2 Å². The molecule has 0 saturated heterocycles. The number of hydrogen-bond donors (Lipinski definition) is 2. The van der Waals surface area contributed by atoms with Crippen molar-refractivity contribution in [2.45, 2.75) is 27.2 Å². The SMILES string of the molecule is CC[C@@H](C)C(C)(COC(N)=O)COC(N)=O. The minimum atomic E-state index is -0.839. The number of rotatable bonds is 6. The Balaban J connectivity index is 4.47. The number of carbonyl (C=O) groups is 2. The summed E-state index contributed by atoms with van der Waals surface area (Å²) in [6.07, 6.45) is -0.817. The maximum Gasteiger partial charge on any atom is 0.404 e. The van der Waals surface area contributed by atoms with Crippen LogP contribution >= 0.6 is 0 Å². The molecule has 0 fully saturated rings. The molecule has 0 aliphatic carbocycles. The average Bonchev–Trinajstić information content (AvgIpc) is 2.22. The second-order valence-corrected chi connectivity index (χ2v) is 4.18. The quantitative estimate of drug-likeness (QED) is 0.718. The van der Waals surface area contributed by atoms with Gasteiger partial charge in [0.15, 0.2) is 0 Å². The fourth-order valence-corrected chi connectivity index (χ4v) is 1.29. The summed E-state index contributed by atoms with van der Waals surface area (Å²) < 4.78 is 9.54. The highest BCUT2D eigenvalue weighted by Gasteiger charge is 2.33. The van der Waals surface area contributed by atoms with Crippen molar-refractivity contribution in [1.29, 1.82) is 0 Å². The molecular formula is C10H20N2O4. The summed E-state index contributed by atoms with van der Waals surface area (Å²) in [5.74, 6) is 0.200. The lowest BCUT2D eigenvalue weighted by Gasteiger charge is -2.33. The topological polar surface area (TPSA) is 105 Å². The highest BCUT2D eigenvalue weighted by atomic mass is 16.6. The van der Waals surface area contributed by atoms with E-state index in [1.165, 1.54) is 0 Å². The molecule has 0 radical (unpaired) electrons. The minimum absolute atomic E-state index is 0.102. The van der Waals surface area contributed by atoms with Crippen LogP contribution in [0.15, 0.2) is 0 Å². The zero-order chi connectivity index (χ0) is 12.8. The zero-order valence-electron chi connectivity index (χ0n) is 9.99. The number of primary amides is 2. The van der Waals surface area contributed by atoms with Crippen molar-refractivity contribution in [2.75, 3.05) is 13.2 Å². The molecule has 0 aromatic rings. The molecule has 16 heavy (non-hydrogen) atoms. The van der Waals surface area contributed by atoms with Crippen molar-refractivity contribution in [3.8, 4) is 0 Å². The number of nitrogens with two attached hydrogens (primary N) is 2. The second kappa shape index (κ2) is 6.19. The van der Waals surface area contributed by atoms with Gasteiger partial charge >= 0.3 is 12.2 Å². The molecule has 2 amide bonds. The van der Waals surface area contributed by atoms with Crippen LogP contribution in [0.25, 0.3) is 0 Å². The van der Waals surface area contributed by atoms with Gasteiger partial charge in [0.1, 0.15) is 13.2 Å². The van der Waals surface area contributed by atoms with E-state index in [4.69, 9.17) is 20.9 Å². The van der Waals surface area contributed by atoms with E-state index >= 15 is 0 Å². The Morgan fingerprint density at radius 1 is 1.19 bits per heavy atom. The first-order valence-electron chi connectivity index (χ1n) is 5.16. The third-order valence-corrected chi connectivity index (χ3v) is 2.89. The molecular weight excluding hydrogens is 212 g/mol. The van der Waals surface area contributed by atoms with Gasteiger partial charge in [-0.05, 0) is 5.92 Å². The molecule has 0 spiro atoms. The highest BCUT2D eigenvalue weighted by Crippen LogP contribution is 2.30. The maximum absolute atomic E-state index is 10.6. The van der Waals surface area contributed by atoms with Crippen molar-refractivity contribution in [3.05, 3.63) is 0 Å². The van der Waals surface area contributed by atoms with E-state index in [9.17, 15) is 9.59 Å². The molecule has 0 aliphatic rings. The minimum Gasteiger partial charge on any atom is -0.449 e. The first kappa shape index (κ1) is 14.5. The summed E-state index contributed by atoms with van der Waals surface area (Å²) in [5, 5.41) is 0. The van der Waals surface area contributed by atoms with E-state index in [0.29, 0.717) is 0 Å². The molecule has 0 aromatic heterocycles. The summed E-state index contributed by atoms with van der Waals surface area (Å²) in [4.78, 5) is 21.1. The van der Waals surface area contributed by atoms with Gasteiger partial charge in [-0.25, -0.2) is 9.59 Å². The molecule has 0 aliphatic heterocycles. The number of ether oxygens (including phenoxy) is 2. The molecule has 0 unspecified atom stereocenters. The van der Waals surface area contributed by atoms with Crippen molar-refractivity contribution < 1.29 is 19.1 Å². The third-order valence-electron chi connectivity index (χ3n) is 2.89. The Morgan fingerprint density at radius 2 is 1.56 bits per heavy atom. The predicted molar refractivity (Wildman–Crippen MR) is 58.6 cm³/mol. The smallest absolute Gasteiger partial charge is 0.404 e. The fourth-order valence-electron chi connectivity index (χ4n) is 1.29. The maximum atomic E-state index is 10.6. The van der Waals surface area contributed by atoms with E-state index < -0.39 is 17.6 Å². The molecule has 6 heteroatoms. The molecule has 0 aromatic carbocycles. The van der Waals surface area contributed by atoms with Crippen molar-refractivity contribution in [2.24, 2.45) is 22.8 Å². The standard InChI is InChI=1S/C10H20N2O4/c1-4-7(2)10(3,5-15-8(11)13)6-16-9(12)14/h7H,4-6H2,1-3H3,(H2,11,13)(H2,12,14)/t7-/m1/s1. The lowest BCUT2D eigenvalue weighted by atomic mass is 9.78. The zero-order valence-corrected chi connectivity index (χ0v) is 9.99. The summed E-state index contributed by atoms with van der Waals surface area (Å²) in [5.41, 5.74) is 9.33. The van der Waals surface area contributed by atoms with Gasteiger partial charge in [-0.2, -0.15) is 0 Å². The van der Waals surface area contributed by atoms with E-state index in [-0.39, 0.29) is 19.1 Å². The normalized spacial score (nSPS) is 12.9. The van der Waals surface area contributed by atoms with Crippen LogP contribution in [-0.2, 0) is 9.47 Å². The third kappa shape index (κ3) is 4.86. The van der Waals surface area contributed by atoms with E-state index in [1.807, 2.05) is 20.8 Å². The van der Waals surface area contributed by atoms with Crippen LogP contribution in [0.2, 0.25) is 0 Å². The Bertz CT molecular complexity index is 237. The molecule has 6 nitrogen and oxygen atoms in total. The van der Waals surface area contributed by atoms with E-state index in [2.05, 4.69) is 0 Å². The van der Waals surface area contributed by atoms with Gasteiger partial charge in [0.2, 0.25) is 0 Å². The van der Waals surface area contributed by atoms with Crippen LogP contribution < -0.4 is 11.5 Å². The van der Waals surface area contributed by atoms with Crippen LogP contribution in [0.1, 0.15) is 27.2 Å². The number of carbonyl (C=O) groups excluding carboxylic acids is 2. The van der Waals surface area contributed by atoms with Crippen LogP contribution in [-0.4, -0.2) is 25.4 Å². The fraction of sp³-hybridized carbons (Fsp3) is 0.800. The largest absolute Gasteiger partial charge is 0.449 e. The van der Waals surface area contributed by atoms with Crippen molar-refractivity contribution in [3.63, 3.8) is 0 Å². The van der Waals surface area contributed by atoms with Crippen molar-refractivity contribution in [1.82, 2.24) is 0 Å². The second-order valence-electron chi connectivity index (χ2n) is 4.18. The van der Waals surface area contributed by atoms with Gasteiger partial charge in [-0.15, -0.1) is 0 Å². The van der Waals surface area contributed by atoms with Crippen LogP contribution in [0.3, 0.4) is 0 Å². The molecule has 4 N–H and O–H groups in total. The molecule has 0 saturated carbocycles. The van der Waals surface area contributed by atoms with Gasteiger partial charge in [0.05, 0.1) is 0 Å². The molecule has 94 valence electrons. The van der Waals surface area contributed by atoms with E-state index in [0.717, 1.165) is 6.42 Å². The Labute approximate surface area is 95.3 Å². The monoisotopic (exact) mass is 232 g/mol.